The van der Waals surface area contributed by atoms with Gasteiger partial charge in [-0.25, -0.2) is 0 Å². The molecule has 58 valence electrons. The Morgan fingerprint density at radius 2 is 2.55 bits per heavy atom. The quantitative estimate of drug-likeness (QED) is 0.668. The fourth-order valence-electron chi connectivity index (χ4n) is 0.826. The van der Waals surface area contributed by atoms with Crippen LogP contribution in [0.3, 0.4) is 0 Å². The van der Waals surface area contributed by atoms with Gasteiger partial charge >= 0.3 is 0 Å². The fourth-order valence-corrected chi connectivity index (χ4v) is 0.826. The average molecular weight is 151 g/mol. The Bertz CT molecular complexity index is 261. The van der Waals surface area contributed by atoms with Crippen LogP contribution < -0.4 is 0 Å². The summed E-state index contributed by atoms with van der Waals surface area (Å²) in [7, 11) is 0. The van der Waals surface area contributed by atoms with Crippen molar-refractivity contribution in [3.63, 3.8) is 0 Å². The molecule has 1 aromatic heterocycles. The number of nitriles is 1. The maximum atomic E-state index is 8.53. The van der Waals surface area contributed by atoms with Gasteiger partial charge in [0.15, 0.2) is 0 Å². The van der Waals surface area contributed by atoms with E-state index in [4.69, 9.17) is 10.4 Å². The van der Waals surface area contributed by atoms with E-state index in [0.29, 0.717) is 18.7 Å². The molecule has 0 unspecified atom stereocenters. The summed E-state index contributed by atoms with van der Waals surface area (Å²) in [5.41, 5.74) is 0.540. The van der Waals surface area contributed by atoms with Gasteiger partial charge in [-0.05, 0) is 12.5 Å². The molecule has 0 amide bonds. The molecule has 0 saturated carbocycles. The van der Waals surface area contributed by atoms with E-state index in [1.54, 1.807) is 16.9 Å². The van der Waals surface area contributed by atoms with Crippen LogP contribution in [-0.2, 0) is 6.54 Å². The minimum Gasteiger partial charge on any atom is -0.396 e. The first-order valence-corrected chi connectivity index (χ1v) is 3.41. The molecular weight excluding hydrogens is 142 g/mol. The lowest BCUT2D eigenvalue weighted by molar-refractivity contribution is 0.276. The van der Waals surface area contributed by atoms with Crippen molar-refractivity contribution in [3.05, 3.63) is 18.0 Å². The lowest BCUT2D eigenvalue weighted by Gasteiger charge is -1.98. The monoisotopic (exact) mass is 151 g/mol. The molecule has 0 bridgehead atoms. The maximum Gasteiger partial charge on any atom is 0.138 e. The Labute approximate surface area is 64.7 Å². The number of hydrogen-bond donors (Lipinski definition) is 1. The number of aliphatic hydroxyl groups is 1. The Kier molecular flexibility index (Phi) is 2.64. The lowest BCUT2D eigenvalue weighted by Crippen LogP contribution is -2.03. The highest BCUT2D eigenvalue weighted by Crippen LogP contribution is 1.96. The highest BCUT2D eigenvalue weighted by Gasteiger charge is 1.98. The topological polar surface area (TPSA) is 61.8 Å². The predicted molar refractivity (Wildman–Crippen MR) is 38.6 cm³/mol. The number of rotatable bonds is 3. The molecule has 1 aromatic rings. The van der Waals surface area contributed by atoms with Gasteiger partial charge < -0.3 is 5.11 Å². The standard InChI is InChI=1S/C7H9N3O/c8-6-7-2-3-9-10(7)4-1-5-11/h2-3,11H,1,4-5H2. The summed E-state index contributed by atoms with van der Waals surface area (Å²) < 4.78 is 1.58. The molecule has 1 rings (SSSR count). The van der Waals surface area contributed by atoms with E-state index in [1.165, 1.54) is 0 Å². The molecule has 0 aliphatic rings. The number of aromatic nitrogens is 2. The zero-order valence-electron chi connectivity index (χ0n) is 6.06. The number of aryl methyl sites for hydroxylation is 1. The second kappa shape index (κ2) is 3.74. The SMILES string of the molecule is N#Cc1ccnn1CCCO. The van der Waals surface area contributed by atoms with Gasteiger partial charge in [-0.15, -0.1) is 0 Å². The molecular formula is C7H9N3O. The summed E-state index contributed by atoms with van der Waals surface area (Å²) in [6.45, 7) is 0.733. The Morgan fingerprint density at radius 1 is 1.73 bits per heavy atom. The molecule has 0 atom stereocenters. The van der Waals surface area contributed by atoms with Gasteiger partial charge in [0, 0.05) is 13.2 Å². The van der Waals surface area contributed by atoms with Crippen LogP contribution in [0, 0.1) is 11.3 Å². The van der Waals surface area contributed by atoms with Crippen LogP contribution in [0.25, 0.3) is 0 Å². The van der Waals surface area contributed by atoms with Crippen LogP contribution in [0.4, 0.5) is 0 Å². The summed E-state index contributed by atoms with van der Waals surface area (Å²) >= 11 is 0. The molecule has 0 fully saturated rings. The minimum absolute atomic E-state index is 0.130. The predicted octanol–water partition coefficient (Wildman–Crippen LogP) is 0.137. The molecule has 4 heteroatoms. The molecule has 0 aromatic carbocycles. The van der Waals surface area contributed by atoms with Crippen molar-refractivity contribution in [2.24, 2.45) is 0 Å². The first-order chi connectivity index (χ1) is 5.38. The summed E-state index contributed by atoms with van der Waals surface area (Å²) in [6.07, 6.45) is 2.21. The van der Waals surface area contributed by atoms with Crippen LogP contribution in [-0.4, -0.2) is 21.5 Å². The molecule has 0 aliphatic heterocycles. The first-order valence-electron chi connectivity index (χ1n) is 3.41. The third kappa shape index (κ3) is 1.79. The summed E-state index contributed by atoms with van der Waals surface area (Å²) in [5, 5.41) is 20.9. The van der Waals surface area contributed by atoms with Crippen LogP contribution in [0.1, 0.15) is 12.1 Å². The van der Waals surface area contributed by atoms with Crippen molar-refractivity contribution in [2.45, 2.75) is 13.0 Å². The highest BCUT2D eigenvalue weighted by molar-refractivity contribution is 5.17. The van der Waals surface area contributed by atoms with E-state index in [2.05, 4.69) is 5.10 Å². The van der Waals surface area contributed by atoms with E-state index in [0.717, 1.165) is 0 Å². The van der Waals surface area contributed by atoms with Gasteiger partial charge in [0.1, 0.15) is 11.8 Å². The van der Waals surface area contributed by atoms with E-state index < -0.39 is 0 Å². The zero-order chi connectivity index (χ0) is 8.10. The molecule has 1 heterocycles. The fraction of sp³-hybridized carbons (Fsp3) is 0.429. The van der Waals surface area contributed by atoms with Crippen LogP contribution in [0.5, 0.6) is 0 Å². The van der Waals surface area contributed by atoms with E-state index in [9.17, 15) is 0 Å². The molecule has 0 aliphatic carbocycles. The molecule has 4 nitrogen and oxygen atoms in total. The van der Waals surface area contributed by atoms with Crippen LogP contribution >= 0.6 is 0 Å². The van der Waals surface area contributed by atoms with E-state index in [-0.39, 0.29) is 6.61 Å². The maximum absolute atomic E-state index is 8.53. The van der Waals surface area contributed by atoms with Gasteiger partial charge in [0.05, 0.1) is 6.20 Å². The number of nitrogens with zero attached hydrogens (tertiary/aromatic N) is 3. The second-order valence-electron chi connectivity index (χ2n) is 2.13. The molecule has 0 spiro atoms. The Balaban J connectivity index is 2.63. The summed E-state index contributed by atoms with van der Waals surface area (Å²) in [6, 6.07) is 3.65. The van der Waals surface area contributed by atoms with Gasteiger partial charge in [-0.1, -0.05) is 0 Å². The molecule has 0 radical (unpaired) electrons. The third-order valence-corrected chi connectivity index (χ3v) is 1.36. The number of aliphatic hydroxyl groups excluding tert-OH is 1. The van der Waals surface area contributed by atoms with Crippen LogP contribution in [0.15, 0.2) is 12.3 Å². The van der Waals surface area contributed by atoms with Crippen molar-refractivity contribution in [1.82, 2.24) is 9.78 Å². The highest BCUT2D eigenvalue weighted by atomic mass is 16.3. The van der Waals surface area contributed by atoms with Crippen molar-refractivity contribution >= 4 is 0 Å². The van der Waals surface area contributed by atoms with E-state index >= 15 is 0 Å². The normalized spacial score (nSPS) is 9.45. The van der Waals surface area contributed by atoms with Gasteiger partial charge in [0.25, 0.3) is 0 Å². The lowest BCUT2D eigenvalue weighted by atomic mass is 10.4. The zero-order valence-corrected chi connectivity index (χ0v) is 6.06. The summed E-state index contributed by atoms with van der Waals surface area (Å²) in [4.78, 5) is 0. The van der Waals surface area contributed by atoms with Crippen molar-refractivity contribution < 1.29 is 5.11 Å². The van der Waals surface area contributed by atoms with Gasteiger partial charge in [-0.2, -0.15) is 10.4 Å². The Morgan fingerprint density at radius 3 is 3.18 bits per heavy atom. The smallest absolute Gasteiger partial charge is 0.138 e. The average Bonchev–Trinajstić information content (AvgIpc) is 2.47. The molecule has 1 N–H and O–H groups in total. The third-order valence-electron chi connectivity index (χ3n) is 1.36. The van der Waals surface area contributed by atoms with Crippen molar-refractivity contribution in [1.29, 1.82) is 5.26 Å². The number of hydrogen-bond acceptors (Lipinski definition) is 3. The Hall–Kier alpha value is -1.34. The molecule has 11 heavy (non-hydrogen) atoms. The van der Waals surface area contributed by atoms with Gasteiger partial charge in [-0.3, -0.25) is 4.68 Å². The second-order valence-corrected chi connectivity index (χ2v) is 2.13. The first kappa shape index (κ1) is 7.76. The van der Waals surface area contributed by atoms with Gasteiger partial charge in [0.2, 0.25) is 0 Å². The van der Waals surface area contributed by atoms with Crippen molar-refractivity contribution in [2.75, 3.05) is 6.61 Å². The van der Waals surface area contributed by atoms with Crippen LogP contribution in [0.2, 0.25) is 0 Å². The minimum atomic E-state index is 0.130. The van der Waals surface area contributed by atoms with Crippen molar-refractivity contribution in [3.8, 4) is 6.07 Å². The summed E-state index contributed by atoms with van der Waals surface area (Å²) in [5.74, 6) is 0. The van der Waals surface area contributed by atoms with E-state index in [1.807, 2.05) is 6.07 Å². The molecule has 0 saturated heterocycles. The largest absolute Gasteiger partial charge is 0.396 e.